The molecule has 0 aromatic heterocycles. The topological polar surface area (TPSA) is 41.9 Å². The van der Waals surface area contributed by atoms with E-state index in [0.717, 1.165) is 11.1 Å². The van der Waals surface area contributed by atoms with Crippen molar-refractivity contribution in [1.82, 2.24) is 4.90 Å². The van der Waals surface area contributed by atoms with Crippen LogP contribution >= 0.6 is 0 Å². The van der Waals surface area contributed by atoms with E-state index in [-0.39, 0.29) is 0 Å². The molecule has 16 heavy (non-hydrogen) atoms. The number of nitrogens with zero attached hydrogens (tertiary/aromatic N) is 2. The Morgan fingerprint density at radius 3 is 2.69 bits per heavy atom. The SMILES string of the molecule is CC(C)(C)OC(=O)N1C=CN=CC(F)(F)C1. The summed E-state index contributed by atoms with van der Waals surface area (Å²) in [5.41, 5.74) is -0.715. The van der Waals surface area contributed by atoms with Crippen molar-refractivity contribution >= 4 is 12.3 Å². The van der Waals surface area contributed by atoms with Crippen LogP contribution in [0.3, 0.4) is 0 Å². The normalized spacial score (nSPS) is 19.4. The van der Waals surface area contributed by atoms with E-state index in [9.17, 15) is 13.6 Å². The number of hydrogen-bond acceptors (Lipinski definition) is 3. The monoisotopic (exact) mass is 232 g/mol. The van der Waals surface area contributed by atoms with Gasteiger partial charge in [-0.15, -0.1) is 0 Å². The largest absolute Gasteiger partial charge is 0.443 e. The first-order chi connectivity index (χ1) is 7.20. The van der Waals surface area contributed by atoms with Crippen LogP contribution in [0, 0.1) is 0 Å². The van der Waals surface area contributed by atoms with Crippen LogP contribution in [-0.2, 0) is 4.74 Å². The summed E-state index contributed by atoms with van der Waals surface area (Å²) < 4.78 is 31.1. The minimum Gasteiger partial charge on any atom is -0.443 e. The number of ether oxygens (including phenoxy) is 1. The van der Waals surface area contributed by atoms with Crippen molar-refractivity contribution in [1.29, 1.82) is 0 Å². The first-order valence-corrected chi connectivity index (χ1v) is 4.78. The Labute approximate surface area is 92.6 Å². The molecule has 0 aromatic rings. The quantitative estimate of drug-likeness (QED) is 0.643. The molecule has 0 aliphatic carbocycles. The van der Waals surface area contributed by atoms with Gasteiger partial charge in [-0.1, -0.05) is 0 Å². The van der Waals surface area contributed by atoms with Gasteiger partial charge in [0.1, 0.15) is 5.60 Å². The molecule has 0 radical (unpaired) electrons. The van der Waals surface area contributed by atoms with Gasteiger partial charge >= 0.3 is 12.0 Å². The molecule has 1 rings (SSSR count). The third-order valence-corrected chi connectivity index (χ3v) is 1.61. The van der Waals surface area contributed by atoms with E-state index in [1.807, 2.05) is 0 Å². The second-order valence-corrected chi connectivity index (χ2v) is 4.45. The van der Waals surface area contributed by atoms with Crippen molar-refractivity contribution in [3.05, 3.63) is 12.4 Å². The first-order valence-electron chi connectivity index (χ1n) is 4.78. The lowest BCUT2D eigenvalue weighted by atomic mass is 10.2. The predicted molar refractivity (Wildman–Crippen MR) is 55.5 cm³/mol. The summed E-state index contributed by atoms with van der Waals surface area (Å²) in [5, 5.41) is 0. The summed E-state index contributed by atoms with van der Waals surface area (Å²) in [6.07, 6.45) is 2.00. The van der Waals surface area contributed by atoms with Crippen LogP contribution in [0.15, 0.2) is 17.4 Å². The van der Waals surface area contributed by atoms with Crippen molar-refractivity contribution in [2.45, 2.75) is 32.3 Å². The van der Waals surface area contributed by atoms with Crippen molar-refractivity contribution in [2.24, 2.45) is 4.99 Å². The molecule has 0 saturated heterocycles. The van der Waals surface area contributed by atoms with Crippen molar-refractivity contribution in [3.8, 4) is 0 Å². The lowest BCUT2D eigenvalue weighted by Crippen LogP contribution is -2.40. The Morgan fingerprint density at radius 1 is 1.50 bits per heavy atom. The van der Waals surface area contributed by atoms with Crippen LogP contribution in [0.2, 0.25) is 0 Å². The van der Waals surface area contributed by atoms with Crippen LogP contribution in [0.25, 0.3) is 0 Å². The number of aliphatic imine (C=N–C) groups is 1. The summed E-state index contributed by atoms with van der Waals surface area (Å²) in [7, 11) is 0. The molecule has 0 spiro atoms. The van der Waals surface area contributed by atoms with Crippen LogP contribution in [-0.4, -0.2) is 35.3 Å². The van der Waals surface area contributed by atoms with Crippen LogP contribution in [0.5, 0.6) is 0 Å². The summed E-state index contributed by atoms with van der Waals surface area (Å²) in [5.74, 6) is -3.14. The van der Waals surface area contributed by atoms with Gasteiger partial charge < -0.3 is 4.74 Å². The number of halogens is 2. The smallest absolute Gasteiger partial charge is 0.414 e. The molecule has 1 aliphatic heterocycles. The van der Waals surface area contributed by atoms with Gasteiger partial charge in [0.2, 0.25) is 0 Å². The molecule has 0 aromatic carbocycles. The Hall–Kier alpha value is -1.46. The fraction of sp³-hybridized carbons (Fsp3) is 0.600. The van der Waals surface area contributed by atoms with Gasteiger partial charge in [-0.3, -0.25) is 9.89 Å². The average molecular weight is 232 g/mol. The van der Waals surface area contributed by atoms with Gasteiger partial charge in [-0.25, -0.2) is 4.79 Å². The molecule has 4 nitrogen and oxygen atoms in total. The van der Waals surface area contributed by atoms with E-state index in [2.05, 4.69) is 4.99 Å². The number of carbonyl (C=O) groups is 1. The van der Waals surface area contributed by atoms with Crippen LogP contribution in [0.1, 0.15) is 20.8 Å². The second kappa shape index (κ2) is 4.19. The lowest BCUT2D eigenvalue weighted by Gasteiger charge is -2.25. The summed E-state index contributed by atoms with van der Waals surface area (Å²) in [6.45, 7) is 4.24. The third-order valence-electron chi connectivity index (χ3n) is 1.61. The maximum absolute atomic E-state index is 13.1. The summed E-state index contributed by atoms with van der Waals surface area (Å²) in [4.78, 5) is 15.7. The minimum atomic E-state index is -3.14. The minimum absolute atomic E-state index is 0.508. The van der Waals surface area contributed by atoms with Crippen LogP contribution < -0.4 is 0 Å². The number of amides is 1. The van der Waals surface area contributed by atoms with E-state index in [4.69, 9.17) is 4.74 Å². The van der Waals surface area contributed by atoms with Crippen LogP contribution in [0.4, 0.5) is 13.6 Å². The fourth-order valence-electron chi connectivity index (χ4n) is 1.04. The molecular weight excluding hydrogens is 218 g/mol. The highest BCUT2D eigenvalue weighted by Gasteiger charge is 2.33. The van der Waals surface area contributed by atoms with E-state index in [0.29, 0.717) is 6.21 Å². The van der Waals surface area contributed by atoms with Gasteiger partial charge in [0.25, 0.3) is 0 Å². The Bertz CT molecular complexity index is 332. The summed E-state index contributed by atoms with van der Waals surface area (Å²) in [6, 6.07) is 0. The zero-order valence-electron chi connectivity index (χ0n) is 9.41. The molecular formula is C10H14F2N2O2. The Balaban J connectivity index is 2.71. The van der Waals surface area contributed by atoms with Crippen molar-refractivity contribution in [2.75, 3.05) is 6.54 Å². The van der Waals surface area contributed by atoms with E-state index < -0.39 is 24.2 Å². The molecule has 0 bridgehead atoms. The Morgan fingerprint density at radius 2 is 2.12 bits per heavy atom. The first kappa shape index (κ1) is 12.6. The predicted octanol–water partition coefficient (Wildman–Crippen LogP) is 2.41. The standard InChI is InChI=1S/C10H14F2N2O2/c1-9(2,3)16-8(15)14-5-4-13-6-10(11,12)7-14/h4-6H,7H2,1-3H3. The summed E-state index contributed by atoms with van der Waals surface area (Å²) >= 11 is 0. The van der Waals surface area contributed by atoms with Gasteiger partial charge in [-0.2, -0.15) is 8.78 Å². The number of alkyl halides is 2. The van der Waals surface area contributed by atoms with Crippen molar-refractivity contribution < 1.29 is 18.3 Å². The molecule has 1 heterocycles. The average Bonchev–Trinajstić information content (AvgIpc) is 2.23. The van der Waals surface area contributed by atoms with Gasteiger partial charge in [0.15, 0.2) is 0 Å². The molecule has 0 fully saturated rings. The molecule has 1 amide bonds. The van der Waals surface area contributed by atoms with Gasteiger partial charge in [-0.05, 0) is 20.8 Å². The molecule has 0 unspecified atom stereocenters. The highest BCUT2D eigenvalue weighted by molar-refractivity contribution is 5.73. The molecule has 6 heteroatoms. The van der Waals surface area contributed by atoms with Gasteiger partial charge in [0.05, 0.1) is 12.8 Å². The molecule has 1 aliphatic rings. The molecule has 90 valence electrons. The number of rotatable bonds is 0. The maximum Gasteiger partial charge on any atom is 0.414 e. The maximum atomic E-state index is 13.1. The highest BCUT2D eigenvalue weighted by Crippen LogP contribution is 2.18. The number of carbonyl (C=O) groups excluding carboxylic acids is 1. The molecule has 0 saturated carbocycles. The second-order valence-electron chi connectivity index (χ2n) is 4.45. The zero-order chi connectivity index (χ0) is 12.4. The zero-order valence-corrected chi connectivity index (χ0v) is 9.41. The Kier molecular flexibility index (Phi) is 3.30. The van der Waals surface area contributed by atoms with E-state index >= 15 is 0 Å². The highest BCUT2D eigenvalue weighted by atomic mass is 19.3. The molecule has 0 atom stereocenters. The van der Waals surface area contributed by atoms with E-state index in [1.165, 1.54) is 6.20 Å². The van der Waals surface area contributed by atoms with E-state index in [1.54, 1.807) is 20.8 Å². The lowest BCUT2D eigenvalue weighted by molar-refractivity contribution is 0.00954. The fourth-order valence-corrected chi connectivity index (χ4v) is 1.04. The van der Waals surface area contributed by atoms with Gasteiger partial charge in [0, 0.05) is 12.4 Å². The number of hydrogen-bond donors (Lipinski definition) is 0. The van der Waals surface area contributed by atoms with Crippen molar-refractivity contribution in [3.63, 3.8) is 0 Å². The third kappa shape index (κ3) is 3.96. The molecule has 0 N–H and O–H groups in total.